The lowest BCUT2D eigenvalue weighted by Crippen LogP contribution is -2.54. The molecular weight excluding hydrogens is 666 g/mol. The first-order valence-corrected chi connectivity index (χ1v) is 19.0. The Morgan fingerprint density at radius 3 is 2.08 bits per heavy atom. The van der Waals surface area contributed by atoms with E-state index >= 15 is 0 Å². The van der Waals surface area contributed by atoms with Gasteiger partial charge in [0.15, 0.2) is 17.0 Å². The van der Waals surface area contributed by atoms with Crippen LogP contribution in [0.5, 0.6) is 11.5 Å². The lowest BCUT2D eigenvalue weighted by Gasteiger charge is -2.48. The fourth-order valence-electron chi connectivity index (χ4n) is 7.58. The summed E-state index contributed by atoms with van der Waals surface area (Å²) in [5.41, 5.74) is 1.08. The Kier molecular flexibility index (Phi) is 9.44. The minimum Gasteiger partial charge on any atom is -0.481 e. The van der Waals surface area contributed by atoms with Crippen molar-refractivity contribution in [3.63, 3.8) is 0 Å². The summed E-state index contributed by atoms with van der Waals surface area (Å²) >= 11 is 0. The predicted octanol–water partition coefficient (Wildman–Crippen LogP) is 3.08. The molecule has 2 aromatic rings. The minimum absolute atomic E-state index is 0.0521. The van der Waals surface area contributed by atoms with Gasteiger partial charge in [0, 0.05) is 60.5 Å². The molecular formula is C32H42N3O11S2+. The molecule has 0 saturated carbocycles. The second-order valence-electron chi connectivity index (χ2n) is 14.2. The van der Waals surface area contributed by atoms with Gasteiger partial charge in [0.1, 0.15) is 17.6 Å². The molecule has 14 nitrogen and oxygen atoms in total. The van der Waals surface area contributed by atoms with Crippen molar-refractivity contribution in [2.75, 3.05) is 29.5 Å². The lowest BCUT2D eigenvalue weighted by molar-refractivity contribution is -0.138. The van der Waals surface area contributed by atoms with Crippen molar-refractivity contribution in [3.8, 4) is 11.5 Å². The number of benzene rings is 2. The summed E-state index contributed by atoms with van der Waals surface area (Å²) in [5, 5.41) is 19.5. The van der Waals surface area contributed by atoms with Crippen molar-refractivity contribution in [2.45, 2.75) is 89.1 Å². The number of hydrogen-bond acceptors (Lipinski definition) is 9. The van der Waals surface area contributed by atoms with Gasteiger partial charge in [-0.2, -0.15) is 16.8 Å². The highest BCUT2D eigenvalue weighted by Crippen LogP contribution is 2.49. The number of carbonyl (C=O) groups is 2. The summed E-state index contributed by atoms with van der Waals surface area (Å²) in [6.45, 7) is 8.49. The number of anilines is 1. The fraction of sp³-hybridized carbons (Fsp3) is 0.562. The monoisotopic (exact) mass is 708 g/mol. The standard InChI is InChI=1S/C32H41N3O11S2/c1-31(2)15-19(17-47(40,41)42)21-11-23-27(13-25(21)34(31)9-5-7-29(36)37)46-28-14-26-22(12-24(28)33-23)20(18-48(43,44)45)16-32(3,4)35(26)10-6-8-30(38)39/h11-14,19-20H,5-10,15-18H2,1-4H3,(H3-,36,37,38,39,40,41,42,43,44,45)/p+1. The lowest BCUT2D eigenvalue weighted by atomic mass is 9.79. The maximum atomic E-state index is 12.1. The van der Waals surface area contributed by atoms with Crippen molar-refractivity contribution in [1.29, 1.82) is 0 Å². The largest absolute Gasteiger partial charge is 0.481 e. The van der Waals surface area contributed by atoms with E-state index in [0.717, 1.165) is 0 Å². The quantitative estimate of drug-likeness (QED) is 0.158. The summed E-state index contributed by atoms with van der Waals surface area (Å²) in [4.78, 5) is 29.5. The molecule has 3 heterocycles. The second-order valence-corrected chi connectivity index (χ2v) is 17.2. The van der Waals surface area contributed by atoms with Gasteiger partial charge in [-0.25, -0.2) is 9.57 Å². The van der Waals surface area contributed by atoms with E-state index in [1.54, 1.807) is 24.3 Å². The third kappa shape index (κ3) is 7.82. The average Bonchev–Trinajstić information content (AvgIpc) is 2.91. The van der Waals surface area contributed by atoms with Gasteiger partial charge in [-0.15, -0.1) is 0 Å². The number of fused-ring (bicyclic) bond motifs is 4. The van der Waals surface area contributed by atoms with Gasteiger partial charge in [0.25, 0.3) is 20.2 Å². The van der Waals surface area contributed by atoms with Crippen LogP contribution < -0.4 is 24.9 Å². The first-order chi connectivity index (χ1) is 22.1. The van der Waals surface area contributed by atoms with E-state index in [1.807, 2.05) is 37.2 Å². The zero-order valence-corrected chi connectivity index (χ0v) is 29.0. The summed E-state index contributed by atoms with van der Waals surface area (Å²) < 4.78 is 76.4. The molecule has 48 heavy (non-hydrogen) atoms. The molecule has 3 aliphatic rings. The SMILES string of the molecule is CC1(C)CC(CS(=O)(=O)O)c2cc3c(cc2N1CCCC(=O)O)Oc1cc2c(cc1=N3)C(CS(=O)(=O)O)CC(C)(C)[N+]=2CCCC(=O)O. The van der Waals surface area contributed by atoms with Gasteiger partial charge in [-0.1, -0.05) is 0 Å². The molecule has 2 atom stereocenters. The second kappa shape index (κ2) is 12.7. The molecule has 16 heteroatoms. The van der Waals surface area contributed by atoms with E-state index in [4.69, 9.17) is 9.73 Å². The smallest absolute Gasteiger partial charge is 0.303 e. The Bertz CT molecular complexity index is 2010. The topological polar surface area (TPSA) is 211 Å². The third-order valence-corrected chi connectivity index (χ3v) is 11.1. The fourth-order valence-corrected chi connectivity index (χ4v) is 9.19. The Balaban J connectivity index is 1.69. The van der Waals surface area contributed by atoms with Gasteiger partial charge in [0.05, 0.1) is 24.0 Å². The summed E-state index contributed by atoms with van der Waals surface area (Å²) in [7, 11) is -8.71. The molecule has 0 fully saturated rings. The Labute approximate surface area is 279 Å². The Morgan fingerprint density at radius 1 is 0.875 bits per heavy atom. The van der Waals surface area contributed by atoms with E-state index in [2.05, 4.69) is 0 Å². The van der Waals surface area contributed by atoms with E-state index in [9.17, 15) is 45.7 Å². The van der Waals surface area contributed by atoms with Gasteiger partial charge in [-0.05, 0) is 58.2 Å². The number of carboxylic acids is 2. The maximum Gasteiger partial charge on any atom is 0.303 e. The van der Waals surface area contributed by atoms with Crippen LogP contribution in [0.1, 0.15) is 89.2 Å². The number of rotatable bonds is 12. The average molecular weight is 709 g/mol. The van der Waals surface area contributed by atoms with Crippen molar-refractivity contribution in [3.05, 3.63) is 46.1 Å². The van der Waals surface area contributed by atoms with E-state index in [1.165, 1.54) is 0 Å². The highest BCUT2D eigenvalue weighted by molar-refractivity contribution is 7.86. The molecule has 2 unspecified atom stereocenters. The van der Waals surface area contributed by atoms with Crippen molar-refractivity contribution in [2.24, 2.45) is 4.99 Å². The molecule has 4 N–H and O–H groups in total. The van der Waals surface area contributed by atoms with E-state index < -0.39 is 66.6 Å². The number of nitrogens with zero attached hydrogens (tertiary/aromatic N) is 3. The van der Waals surface area contributed by atoms with Gasteiger partial charge >= 0.3 is 11.9 Å². The van der Waals surface area contributed by atoms with Gasteiger partial charge < -0.3 is 19.8 Å². The third-order valence-electron chi connectivity index (χ3n) is 9.46. The normalized spacial score (nSPS) is 20.8. The first kappa shape index (κ1) is 35.7. The van der Waals surface area contributed by atoms with Crippen LogP contribution >= 0.6 is 0 Å². The summed E-state index contributed by atoms with van der Waals surface area (Å²) in [5.74, 6) is -3.33. The molecule has 0 saturated heterocycles. The molecule has 0 spiro atoms. The minimum atomic E-state index is -4.35. The maximum absolute atomic E-state index is 12.1. The van der Waals surface area contributed by atoms with Gasteiger partial charge in [-0.3, -0.25) is 18.7 Å². The molecule has 0 aromatic heterocycles. The number of carboxylic acid groups (broad SMARTS) is 2. The van der Waals surface area contributed by atoms with Crippen molar-refractivity contribution in [1.82, 2.24) is 4.58 Å². The molecule has 0 radical (unpaired) electrons. The molecule has 2 aromatic carbocycles. The molecule has 5 rings (SSSR count). The van der Waals surface area contributed by atoms with Crippen LogP contribution in [0.3, 0.4) is 0 Å². The number of aliphatic carboxylic acids is 2. The molecule has 0 aliphatic carbocycles. The molecule has 3 aliphatic heterocycles. The van der Waals surface area contributed by atoms with Crippen molar-refractivity contribution >= 4 is 43.5 Å². The molecule has 0 bridgehead atoms. The predicted molar refractivity (Wildman–Crippen MR) is 176 cm³/mol. The van der Waals surface area contributed by atoms with Gasteiger partial charge in [0.2, 0.25) is 5.36 Å². The molecule has 0 amide bonds. The van der Waals surface area contributed by atoms with Crippen LogP contribution in [0.25, 0.3) is 0 Å². The Morgan fingerprint density at radius 2 is 1.48 bits per heavy atom. The van der Waals surface area contributed by atoms with E-state index in [0.29, 0.717) is 83.5 Å². The van der Waals surface area contributed by atoms with E-state index in [-0.39, 0.29) is 12.8 Å². The first-order valence-electron chi connectivity index (χ1n) is 15.8. The van der Waals surface area contributed by atoms with Crippen LogP contribution in [-0.2, 0) is 29.8 Å². The highest BCUT2D eigenvalue weighted by atomic mass is 32.2. The summed E-state index contributed by atoms with van der Waals surface area (Å²) in [6, 6.07) is 6.95. The molecule has 262 valence electrons. The van der Waals surface area contributed by atoms with Crippen LogP contribution in [0, 0.1) is 0 Å². The van der Waals surface area contributed by atoms with Crippen LogP contribution in [0.4, 0.5) is 11.4 Å². The van der Waals surface area contributed by atoms with Crippen LogP contribution in [-0.4, -0.2) is 83.8 Å². The van der Waals surface area contributed by atoms with Crippen molar-refractivity contribution < 1.29 is 50.5 Å². The zero-order chi connectivity index (χ0) is 35.4. The summed E-state index contributed by atoms with van der Waals surface area (Å²) in [6.07, 6.45) is 1.31. The zero-order valence-electron chi connectivity index (χ0n) is 27.3. The van der Waals surface area contributed by atoms with Crippen LogP contribution in [0.2, 0.25) is 0 Å². The number of hydrogen-bond donors (Lipinski definition) is 4. The highest BCUT2D eigenvalue weighted by Gasteiger charge is 2.43. The number of ether oxygens (including phenoxy) is 1. The van der Waals surface area contributed by atoms with Crippen LogP contribution in [0.15, 0.2) is 29.3 Å². The Hall–Kier alpha value is -3.60.